The maximum atomic E-state index is 13.9. The standard InChI is InChI=1S/C12H16BrFN2O3S/c13-9-5-10(14)12(6-11(9)15)20(18,19)16-3-1-8(7-16)2-4-17/h5-6,8,17H,1-4,7,15H2. The van der Waals surface area contributed by atoms with E-state index in [4.69, 9.17) is 10.8 Å². The second-order valence-corrected chi connectivity index (χ2v) is 7.59. The third-order valence-corrected chi connectivity index (χ3v) is 6.02. The Kier molecular flexibility index (Phi) is 4.68. The number of nitrogen functional groups attached to an aromatic ring is 1. The molecular weight excluding hydrogens is 351 g/mol. The minimum Gasteiger partial charge on any atom is -0.398 e. The molecule has 1 atom stereocenters. The minimum atomic E-state index is -3.88. The van der Waals surface area contributed by atoms with Crippen LogP contribution in [0.15, 0.2) is 21.5 Å². The van der Waals surface area contributed by atoms with Gasteiger partial charge in [-0.3, -0.25) is 0 Å². The van der Waals surface area contributed by atoms with E-state index in [0.29, 0.717) is 30.4 Å². The van der Waals surface area contributed by atoms with E-state index in [0.717, 1.165) is 12.1 Å². The van der Waals surface area contributed by atoms with E-state index >= 15 is 0 Å². The fourth-order valence-corrected chi connectivity index (χ4v) is 4.24. The average molecular weight is 367 g/mol. The van der Waals surface area contributed by atoms with Gasteiger partial charge in [-0.05, 0) is 46.8 Å². The molecule has 0 aromatic heterocycles. The van der Waals surface area contributed by atoms with Crippen LogP contribution in [0.5, 0.6) is 0 Å². The Bertz CT molecular complexity index is 609. The molecule has 1 aromatic carbocycles. The van der Waals surface area contributed by atoms with Crippen molar-refractivity contribution in [3.05, 3.63) is 22.4 Å². The molecule has 0 spiro atoms. The van der Waals surface area contributed by atoms with Crippen LogP contribution in [-0.2, 0) is 10.0 Å². The van der Waals surface area contributed by atoms with Crippen LogP contribution in [0.25, 0.3) is 0 Å². The van der Waals surface area contributed by atoms with Crippen LogP contribution in [0.1, 0.15) is 12.8 Å². The zero-order valence-electron chi connectivity index (χ0n) is 10.7. The monoisotopic (exact) mass is 366 g/mol. The smallest absolute Gasteiger partial charge is 0.246 e. The Hall–Kier alpha value is -0.700. The number of nitrogens with two attached hydrogens (primary N) is 1. The predicted octanol–water partition coefficient (Wildman–Crippen LogP) is 1.56. The molecule has 3 N–H and O–H groups in total. The molecule has 0 amide bonds. The van der Waals surface area contributed by atoms with Crippen molar-refractivity contribution in [1.82, 2.24) is 4.31 Å². The van der Waals surface area contributed by atoms with Gasteiger partial charge in [-0.1, -0.05) is 0 Å². The van der Waals surface area contributed by atoms with Gasteiger partial charge in [-0.2, -0.15) is 4.31 Å². The molecule has 1 fully saturated rings. The highest BCUT2D eigenvalue weighted by atomic mass is 79.9. The van der Waals surface area contributed by atoms with E-state index in [1.54, 1.807) is 0 Å². The van der Waals surface area contributed by atoms with Gasteiger partial charge in [0.25, 0.3) is 0 Å². The van der Waals surface area contributed by atoms with Crippen LogP contribution in [-0.4, -0.2) is 37.5 Å². The van der Waals surface area contributed by atoms with Crippen molar-refractivity contribution in [2.24, 2.45) is 5.92 Å². The lowest BCUT2D eigenvalue weighted by atomic mass is 10.1. The first kappa shape index (κ1) is 15.7. The van der Waals surface area contributed by atoms with Gasteiger partial charge < -0.3 is 10.8 Å². The van der Waals surface area contributed by atoms with E-state index in [2.05, 4.69) is 15.9 Å². The molecule has 0 bridgehead atoms. The second kappa shape index (κ2) is 5.97. The SMILES string of the molecule is Nc1cc(S(=O)(=O)N2CCC(CCO)C2)c(F)cc1Br. The summed E-state index contributed by atoms with van der Waals surface area (Å²) < 4.78 is 40.3. The summed E-state index contributed by atoms with van der Waals surface area (Å²) >= 11 is 3.06. The Labute approximate surface area is 125 Å². The van der Waals surface area contributed by atoms with Gasteiger partial charge >= 0.3 is 0 Å². The summed E-state index contributed by atoms with van der Waals surface area (Å²) in [6.07, 6.45) is 1.23. The predicted molar refractivity (Wildman–Crippen MR) is 77.1 cm³/mol. The summed E-state index contributed by atoms with van der Waals surface area (Å²) in [5, 5.41) is 8.89. The quantitative estimate of drug-likeness (QED) is 0.792. The molecule has 0 saturated carbocycles. The molecular formula is C12H16BrFN2O3S. The molecule has 1 aliphatic rings. The van der Waals surface area contributed by atoms with Crippen LogP contribution in [0, 0.1) is 11.7 Å². The molecule has 1 heterocycles. The number of anilines is 1. The van der Waals surface area contributed by atoms with E-state index in [1.165, 1.54) is 4.31 Å². The zero-order chi connectivity index (χ0) is 14.9. The number of sulfonamides is 1. The summed E-state index contributed by atoms with van der Waals surface area (Å²) in [5.74, 6) is -0.706. The van der Waals surface area contributed by atoms with Gasteiger partial charge in [0.15, 0.2) is 0 Å². The van der Waals surface area contributed by atoms with Crippen molar-refractivity contribution in [3.63, 3.8) is 0 Å². The molecule has 0 radical (unpaired) electrons. The van der Waals surface area contributed by atoms with E-state index in [9.17, 15) is 12.8 Å². The molecule has 1 aliphatic heterocycles. The van der Waals surface area contributed by atoms with E-state index in [1.807, 2.05) is 0 Å². The molecule has 8 heteroatoms. The molecule has 112 valence electrons. The van der Waals surface area contributed by atoms with Crippen molar-refractivity contribution in [2.75, 3.05) is 25.4 Å². The van der Waals surface area contributed by atoms with Gasteiger partial charge in [0.05, 0.1) is 0 Å². The van der Waals surface area contributed by atoms with Crippen molar-refractivity contribution < 1.29 is 17.9 Å². The Morgan fingerprint density at radius 1 is 1.50 bits per heavy atom. The number of hydrogen-bond acceptors (Lipinski definition) is 4. The molecule has 1 unspecified atom stereocenters. The summed E-state index contributed by atoms with van der Waals surface area (Å²) in [6, 6.07) is 2.19. The summed E-state index contributed by atoms with van der Waals surface area (Å²) in [5.41, 5.74) is 5.81. The van der Waals surface area contributed by atoms with Crippen molar-refractivity contribution in [3.8, 4) is 0 Å². The summed E-state index contributed by atoms with van der Waals surface area (Å²) in [6.45, 7) is 0.666. The number of benzene rings is 1. The normalized spacial score (nSPS) is 20.4. The minimum absolute atomic E-state index is 0.0259. The number of aliphatic hydroxyl groups excluding tert-OH is 1. The highest BCUT2D eigenvalue weighted by molar-refractivity contribution is 9.10. The first-order valence-corrected chi connectivity index (χ1v) is 8.45. The van der Waals surface area contributed by atoms with Crippen LogP contribution in [0.2, 0.25) is 0 Å². The van der Waals surface area contributed by atoms with Crippen LogP contribution in [0.4, 0.5) is 10.1 Å². The van der Waals surface area contributed by atoms with E-state index < -0.39 is 20.7 Å². The highest BCUT2D eigenvalue weighted by Gasteiger charge is 2.34. The topological polar surface area (TPSA) is 83.6 Å². The Morgan fingerprint density at radius 3 is 2.85 bits per heavy atom. The van der Waals surface area contributed by atoms with Crippen LogP contribution in [0.3, 0.4) is 0 Å². The number of nitrogens with zero attached hydrogens (tertiary/aromatic N) is 1. The Morgan fingerprint density at radius 2 is 2.20 bits per heavy atom. The summed E-state index contributed by atoms with van der Waals surface area (Å²) in [7, 11) is -3.88. The van der Waals surface area contributed by atoms with Crippen molar-refractivity contribution in [1.29, 1.82) is 0 Å². The lowest BCUT2D eigenvalue weighted by Gasteiger charge is -2.17. The van der Waals surface area contributed by atoms with Gasteiger partial charge in [0.1, 0.15) is 10.7 Å². The van der Waals surface area contributed by atoms with Gasteiger partial charge in [-0.25, -0.2) is 12.8 Å². The maximum Gasteiger partial charge on any atom is 0.246 e. The molecule has 1 aromatic rings. The molecule has 2 rings (SSSR count). The average Bonchev–Trinajstić information content (AvgIpc) is 2.83. The van der Waals surface area contributed by atoms with Gasteiger partial charge in [-0.15, -0.1) is 0 Å². The van der Waals surface area contributed by atoms with Crippen LogP contribution < -0.4 is 5.73 Å². The van der Waals surface area contributed by atoms with Gasteiger partial charge in [0, 0.05) is 29.9 Å². The third-order valence-electron chi connectivity index (χ3n) is 3.45. The molecule has 5 nitrogen and oxygen atoms in total. The fraction of sp³-hybridized carbons (Fsp3) is 0.500. The number of hydrogen-bond donors (Lipinski definition) is 2. The second-order valence-electron chi connectivity index (χ2n) is 4.83. The number of halogens is 2. The first-order valence-electron chi connectivity index (χ1n) is 6.21. The number of aliphatic hydroxyl groups is 1. The molecule has 20 heavy (non-hydrogen) atoms. The van der Waals surface area contributed by atoms with Crippen molar-refractivity contribution >= 4 is 31.6 Å². The van der Waals surface area contributed by atoms with Crippen LogP contribution >= 0.6 is 15.9 Å². The molecule has 1 saturated heterocycles. The lowest BCUT2D eigenvalue weighted by Crippen LogP contribution is -2.29. The summed E-state index contributed by atoms with van der Waals surface area (Å²) in [4.78, 5) is -0.400. The van der Waals surface area contributed by atoms with E-state index in [-0.39, 0.29) is 18.2 Å². The van der Waals surface area contributed by atoms with Crippen molar-refractivity contribution in [2.45, 2.75) is 17.7 Å². The Balaban J connectivity index is 2.30. The number of rotatable bonds is 4. The lowest BCUT2D eigenvalue weighted by molar-refractivity contribution is 0.259. The maximum absolute atomic E-state index is 13.9. The fourth-order valence-electron chi connectivity index (χ4n) is 2.32. The first-order chi connectivity index (χ1) is 9.36. The zero-order valence-corrected chi connectivity index (χ0v) is 13.1. The highest BCUT2D eigenvalue weighted by Crippen LogP contribution is 2.31. The van der Waals surface area contributed by atoms with Gasteiger partial charge in [0.2, 0.25) is 10.0 Å². The largest absolute Gasteiger partial charge is 0.398 e. The molecule has 0 aliphatic carbocycles. The third kappa shape index (κ3) is 2.98.